The van der Waals surface area contributed by atoms with Gasteiger partial charge in [0.25, 0.3) is 0 Å². The fraction of sp³-hybridized carbons (Fsp3) is 0.312. The number of benzene rings is 6. The molecular formula is C96H102N6. The van der Waals surface area contributed by atoms with Crippen molar-refractivity contribution in [3.63, 3.8) is 0 Å². The molecule has 6 heterocycles. The molecule has 12 aromatic rings. The molecule has 0 radical (unpaired) electrons. The maximum atomic E-state index is 4.68. The highest BCUT2D eigenvalue weighted by atomic mass is 14.7. The van der Waals surface area contributed by atoms with Crippen LogP contribution >= 0.6 is 0 Å². The van der Waals surface area contributed by atoms with E-state index in [9.17, 15) is 0 Å². The van der Waals surface area contributed by atoms with Crippen molar-refractivity contribution in [2.75, 3.05) is 0 Å². The van der Waals surface area contributed by atoms with Gasteiger partial charge < -0.3 is 0 Å². The molecule has 102 heavy (non-hydrogen) atoms. The largest absolute Gasteiger partial charge is 0.261 e. The number of pyridine rings is 6. The van der Waals surface area contributed by atoms with Crippen molar-refractivity contribution in [2.24, 2.45) is 0 Å². The highest BCUT2D eigenvalue weighted by Gasteiger charge is 2.30. The Morgan fingerprint density at radius 3 is 1.23 bits per heavy atom. The van der Waals surface area contributed by atoms with Gasteiger partial charge in [-0.25, -0.2) is 0 Å². The first-order valence-electron chi connectivity index (χ1n) is 36.9. The van der Waals surface area contributed by atoms with Crippen molar-refractivity contribution in [2.45, 2.75) is 205 Å². The molecule has 6 aromatic heterocycles. The molecule has 6 aromatic carbocycles. The number of aromatic nitrogens is 6. The summed E-state index contributed by atoms with van der Waals surface area (Å²) in [5.74, 6) is 0. The summed E-state index contributed by atoms with van der Waals surface area (Å²) in [7, 11) is 0. The molecule has 0 amide bonds. The van der Waals surface area contributed by atoms with Crippen LogP contribution in [0.1, 0.15) is 202 Å². The fourth-order valence-corrected chi connectivity index (χ4v) is 17.4. The molecule has 0 aliphatic heterocycles. The number of fused-ring (bicyclic) bond motifs is 18. The van der Waals surface area contributed by atoms with Crippen molar-refractivity contribution < 1.29 is 0 Å². The minimum absolute atomic E-state index is 1.07. The Balaban J connectivity index is 0.000000109. The summed E-state index contributed by atoms with van der Waals surface area (Å²) in [5.41, 5.74) is 65.2. The van der Waals surface area contributed by atoms with Crippen molar-refractivity contribution in [3.05, 3.63) is 311 Å². The van der Waals surface area contributed by atoms with E-state index < -0.39 is 0 Å². The van der Waals surface area contributed by atoms with Gasteiger partial charge in [-0.2, -0.15) is 0 Å². The van der Waals surface area contributed by atoms with E-state index in [0.29, 0.717) is 0 Å². The summed E-state index contributed by atoms with van der Waals surface area (Å²) >= 11 is 0. The third kappa shape index (κ3) is 12.5. The first-order chi connectivity index (χ1) is 48.5. The average Bonchev–Trinajstić information content (AvgIpc) is 1.63. The van der Waals surface area contributed by atoms with E-state index in [1.807, 2.05) is 6.20 Å². The minimum atomic E-state index is 1.07. The quantitative estimate of drug-likeness (QED) is 0.151. The molecule has 18 rings (SSSR count). The maximum absolute atomic E-state index is 4.68. The number of hydrogen-bond donors (Lipinski definition) is 0. The summed E-state index contributed by atoms with van der Waals surface area (Å²) in [5, 5.41) is 0. The van der Waals surface area contributed by atoms with Crippen molar-refractivity contribution >= 4 is 0 Å². The molecule has 6 aliphatic carbocycles. The fourth-order valence-electron chi connectivity index (χ4n) is 17.4. The van der Waals surface area contributed by atoms with Gasteiger partial charge in [-0.1, -0.05) is 114 Å². The van der Waals surface area contributed by atoms with E-state index in [0.717, 1.165) is 49.9 Å². The zero-order valence-electron chi connectivity index (χ0n) is 65.3. The van der Waals surface area contributed by atoms with Crippen LogP contribution in [0.2, 0.25) is 0 Å². The summed E-state index contributed by atoms with van der Waals surface area (Å²) in [6, 6.07) is 35.8. The van der Waals surface area contributed by atoms with Gasteiger partial charge in [-0.15, -0.1) is 0 Å². The van der Waals surface area contributed by atoms with Gasteiger partial charge in [0, 0.05) is 103 Å². The molecule has 0 saturated heterocycles. The van der Waals surface area contributed by atoms with Crippen LogP contribution in [0.15, 0.2) is 109 Å². The Bertz CT molecular complexity index is 5480. The molecule has 0 atom stereocenters. The van der Waals surface area contributed by atoms with Crippen LogP contribution < -0.4 is 0 Å². The van der Waals surface area contributed by atoms with Crippen molar-refractivity contribution in [1.82, 2.24) is 29.9 Å². The Labute approximate surface area is 608 Å². The summed E-state index contributed by atoms with van der Waals surface area (Å²) in [4.78, 5) is 27.7. The van der Waals surface area contributed by atoms with Gasteiger partial charge >= 0.3 is 0 Å². The van der Waals surface area contributed by atoms with Crippen LogP contribution in [0, 0.1) is 166 Å². The van der Waals surface area contributed by atoms with Crippen LogP contribution in [0.5, 0.6) is 0 Å². The zero-order valence-corrected chi connectivity index (χ0v) is 65.3. The second kappa shape index (κ2) is 27.5. The molecular weight excluding hydrogens is 1240 g/mol. The van der Waals surface area contributed by atoms with E-state index in [1.165, 1.54) is 257 Å². The van der Waals surface area contributed by atoms with Crippen LogP contribution in [-0.4, -0.2) is 29.9 Å². The number of nitrogens with zero attached hydrogens (tertiary/aromatic N) is 6. The Morgan fingerprint density at radius 1 is 0.206 bits per heavy atom. The number of rotatable bonds is 0. The normalized spacial score (nSPS) is 12.5. The lowest BCUT2D eigenvalue weighted by Gasteiger charge is -2.11. The number of aryl methyl sites for hydroxylation is 17. The first kappa shape index (κ1) is 70.6. The lowest BCUT2D eigenvalue weighted by atomic mass is 9.97. The minimum Gasteiger partial charge on any atom is -0.261 e. The van der Waals surface area contributed by atoms with E-state index in [4.69, 9.17) is 0 Å². The van der Waals surface area contributed by atoms with Crippen LogP contribution in [-0.2, 0) is 38.5 Å². The second-order valence-electron chi connectivity index (χ2n) is 30.5. The Hall–Kier alpha value is -9.78. The van der Waals surface area contributed by atoms with Gasteiger partial charge in [0.2, 0.25) is 0 Å². The third-order valence-corrected chi connectivity index (χ3v) is 23.9. The Kier molecular flexibility index (Phi) is 19.1. The summed E-state index contributed by atoms with van der Waals surface area (Å²) in [6.07, 6.45) is 10.5. The molecule has 6 nitrogen and oxygen atoms in total. The van der Waals surface area contributed by atoms with Crippen LogP contribution in [0.25, 0.3) is 66.8 Å². The van der Waals surface area contributed by atoms with Crippen LogP contribution in [0.4, 0.5) is 0 Å². The monoisotopic (exact) mass is 1340 g/mol. The average molecular weight is 1340 g/mol. The smallest absolute Gasteiger partial charge is 0.0457 e. The molecule has 0 spiro atoms. The summed E-state index contributed by atoms with van der Waals surface area (Å²) in [6.45, 7) is 51.8. The molecule has 516 valence electrons. The van der Waals surface area contributed by atoms with Gasteiger partial charge in [-0.05, 0) is 366 Å². The lowest BCUT2D eigenvalue weighted by molar-refractivity contribution is 1.06. The highest BCUT2D eigenvalue weighted by molar-refractivity contribution is 5.86. The lowest BCUT2D eigenvalue weighted by Crippen LogP contribution is -1.98. The first-order valence-corrected chi connectivity index (χ1v) is 36.9. The maximum Gasteiger partial charge on any atom is 0.0457 e. The molecule has 6 aliphatic rings. The van der Waals surface area contributed by atoms with Crippen molar-refractivity contribution in [3.8, 4) is 66.8 Å². The second-order valence-corrected chi connectivity index (χ2v) is 30.5. The van der Waals surface area contributed by atoms with Crippen LogP contribution in [0.3, 0.4) is 0 Å². The molecule has 0 unspecified atom stereocenters. The van der Waals surface area contributed by atoms with Crippen molar-refractivity contribution in [1.29, 1.82) is 0 Å². The summed E-state index contributed by atoms with van der Waals surface area (Å²) < 4.78 is 0. The molecule has 6 heteroatoms. The SMILES string of the molecule is Cc1cc(C)c2c(c1)Cc1c-2cnc(C)c1C.Cc1ccc2c(c1)-c1c(C)nc(C)c(C)c1C2.Cc1ccc2c(c1)Cc1c(C)c(C)nc(C)c1-2.Cc1ccc2c(c1C)-c1cnc(C)c(C)c1C2.Cc1cccc2c1-c1c(C)nc(C)c(C)c1C2.Cc1cccc2c1Cc1c(C)c(C)nc(C)c1-2. The van der Waals surface area contributed by atoms with Gasteiger partial charge in [0.1, 0.15) is 0 Å². The van der Waals surface area contributed by atoms with Gasteiger partial charge in [-0.3, -0.25) is 29.9 Å². The van der Waals surface area contributed by atoms with E-state index in [-0.39, 0.29) is 0 Å². The van der Waals surface area contributed by atoms with Gasteiger partial charge in [0.05, 0.1) is 0 Å². The molecule has 0 N–H and O–H groups in total. The molecule has 0 bridgehead atoms. The Morgan fingerprint density at radius 2 is 0.627 bits per heavy atom. The number of hydrogen-bond acceptors (Lipinski definition) is 6. The predicted octanol–water partition coefficient (Wildman–Crippen LogP) is 23.3. The van der Waals surface area contributed by atoms with E-state index >= 15 is 0 Å². The molecule has 0 fully saturated rings. The predicted molar refractivity (Wildman–Crippen MR) is 429 cm³/mol. The van der Waals surface area contributed by atoms with Gasteiger partial charge in [0.15, 0.2) is 0 Å². The van der Waals surface area contributed by atoms with E-state index in [1.54, 1.807) is 0 Å². The highest BCUT2D eigenvalue weighted by Crippen LogP contribution is 2.47. The van der Waals surface area contributed by atoms with E-state index in [2.05, 4.69) is 299 Å². The molecule has 0 saturated carbocycles. The standard InChI is InChI=1S/6C16H17N/c1-9-5-10(2)16-13(6-9)7-14-11(3)12(4)17-8-15(14)16;1-9-5-6-13-7-14-11(3)12(4)17-8-15(14)16(13)10(9)2;1-9-5-6-14-13(7-9)8-15-10(2)11(3)17-12(4)16(14)15;1-9-5-6-13-8-14-10(2)11(3)17-12(4)16(14)15(13)7-9;1-9-6-5-7-13-14(9)8-15-10(2)11(3)17-12(4)16(13)15;1-9-6-5-7-13-8-14-10(2)11(3)17-12(4)16(14)15(9)13/h2*5-6,8H,7H2,1-4H3;4*5-7H,8H2,1-4H3. The third-order valence-electron chi connectivity index (χ3n) is 23.9. The topological polar surface area (TPSA) is 77.3 Å². The zero-order chi connectivity index (χ0) is 72.9.